The van der Waals surface area contributed by atoms with E-state index in [0.717, 1.165) is 12.8 Å². The molecule has 0 spiro atoms. The molecule has 1 heterocycles. The molecule has 2 rings (SSSR count). The Labute approximate surface area is 125 Å². The molecule has 0 saturated carbocycles. The third-order valence-electron chi connectivity index (χ3n) is 3.08. The van der Waals surface area contributed by atoms with Crippen molar-refractivity contribution in [2.45, 2.75) is 25.4 Å². The molecule has 2 N–H and O–H groups in total. The molecule has 1 atom stereocenters. The summed E-state index contributed by atoms with van der Waals surface area (Å²) in [4.78, 5) is 0. The van der Waals surface area contributed by atoms with Crippen molar-refractivity contribution in [1.29, 1.82) is 0 Å². The van der Waals surface area contributed by atoms with E-state index in [9.17, 15) is 8.42 Å². The molecule has 1 aliphatic heterocycles. The van der Waals surface area contributed by atoms with Crippen LogP contribution in [0.15, 0.2) is 24.3 Å². The van der Waals surface area contributed by atoms with Gasteiger partial charge in [-0.1, -0.05) is 24.0 Å². The summed E-state index contributed by atoms with van der Waals surface area (Å²) in [6, 6.07) is 6.96. The molecule has 1 aromatic rings. The van der Waals surface area contributed by atoms with Gasteiger partial charge in [-0.3, -0.25) is 4.72 Å². The van der Waals surface area contributed by atoms with Gasteiger partial charge in [0.05, 0.1) is 24.2 Å². The van der Waals surface area contributed by atoms with E-state index in [1.165, 1.54) is 0 Å². The highest BCUT2D eigenvalue weighted by Crippen LogP contribution is 2.18. The summed E-state index contributed by atoms with van der Waals surface area (Å²) in [6.45, 7) is 0.614. The van der Waals surface area contributed by atoms with Crippen molar-refractivity contribution in [2.24, 2.45) is 0 Å². The lowest BCUT2D eigenvalue weighted by Gasteiger charge is -2.13. The number of aliphatic hydroxyl groups excluding tert-OH is 1. The summed E-state index contributed by atoms with van der Waals surface area (Å²) < 4.78 is 32.2. The first-order valence-corrected chi connectivity index (χ1v) is 8.57. The third kappa shape index (κ3) is 5.05. The predicted octanol–water partition coefficient (Wildman–Crippen LogP) is 1.34. The molecular weight excluding hydrogens is 290 g/mol. The van der Waals surface area contributed by atoms with Gasteiger partial charge in [-0.25, -0.2) is 8.42 Å². The van der Waals surface area contributed by atoms with Crippen LogP contribution in [0.4, 0.5) is 5.69 Å². The zero-order chi connectivity index (χ0) is 15.1. The zero-order valence-electron chi connectivity index (χ0n) is 11.7. The van der Waals surface area contributed by atoms with Crippen molar-refractivity contribution in [1.82, 2.24) is 0 Å². The number of sulfonamides is 1. The van der Waals surface area contributed by atoms with Gasteiger partial charge >= 0.3 is 0 Å². The third-order valence-corrected chi connectivity index (χ3v) is 4.42. The maximum atomic E-state index is 12.2. The molecule has 1 saturated heterocycles. The fourth-order valence-electron chi connectivity index (χ4n) is 2.12. The number of hydrogen-bond acceptors (Lipinski definition) is 4. The van der Waals surface area contributed by atoms with Gasteiger partial charge < -0.3 is 9.84 Å². The van der Waals surface area contributed by atoms with Crippen molar-refractivity contribution >= 4 is 15.7 Å². The second-order valence-electron chi connectivity index (χ2n) is 4.84. The lowest BCUT2D eigenvalue weighted by atomic mass is 10.2. The van der Waals surface area contributed by atoms with Gasteiger partial charge in [-0.15, -0.1) is 0 Å². The summed E-state index contributed by atoms with van der Waals surface area (Å²) in [7, 11) is -3.46. The highest BCUT2D eigenvalue weighted by molar-refractivity contribution is 7.92. The van der Waals surface area contributed by atoms with Gasteiger partial charge in [0, 0.05) is 18.6 Å². The Balaban J connectivity index is 2.09. The highest BCUT2D eigenvalue weighted by atomic mass is 32.2. The minimum Gasteiger partial charge on any atom is -0.395 e. The first-order chi connectivity index (χ1) is 10.1. The van der Waals surface area contributed by atoms with Crippen LogP contribution in [0.2, 0.25) is 0 Å². The quantitative estimate of drug-likeness (QED) is 0.805. The highest BCUT2D eigenvalue weighted by Gasteiger charge is 2.23. The summed E-state index contributed by atoms with van der Waals surface area (Å²) in [5.41, 5.74) is 1.06. The van der Waals surface area contributed by atoms with Crippen molar-refractivity contribution in [3.63, 3.8) is 0 Å². The van der Waals surface area contributed by atoms with Crippen molar-refractivity contribution < 1.29 is 18.3 Å². The number of rotatable bonds is 5. The smallest absolute Gasteiger partial charge is 0.235 e. The van der Waals surface area contributed by atoms with Gasteiger partial charge in [-0.2, -0.15) is 0 Å². The molecule has 1 unspecified atom stereocenters. The van der Waals surface area contributed by atoms with Crippen LogP contribution in [-0.4, -0.2) is 38.6 Å². The second-order valence-corrected chi connectivity index (χ2v) is 6.61. The SMILES string of the molecule is O=S(=O)(CC1CCCO1)Nc1ccccc1C#CCCO. The fourth-order valence-corrected chi connectivity index (χ4v) is 3.47. The Morgan fingerprint density at radius 2 is 2.19 bits per heavy atom. The Kier molecular flexibility index (Phi) is 5.62. The largest absolute Gasteiger partial charge is 0.395 e. The van der Waals surface area contributed by atoms with Crippen LogP contribution >= 0.6 is 0 Å². The van der Waals surface area contributed by atoms with E-state index in [1.807, 2.05) is 0 Å². The number of benzene rings is 1. The van der Waals surface area contributed by atoms with Gasteiger partial charge in [0.2, 0.25) is 10.0 Å². The Morgan fingerprint density at radius 3 is 2.90 bits per heavy atom. The molecule has 0 aromatic heterocycles. The number of aliphatic hydroxyl groups is 1. The van der Waals surface area contributed by atoms with Crippen LogP contribution in [0.1, 0.15) is 24.8 Å². The Bertz CT molecular complexity index is 625. The molecule has 5 nitrogen and oxygen atoms in total. The molecule has 21 heavy (non-hydrogen) atoms. The lowest BCUT2D eigenvalue weighted by molar-refractivity contribution is 0.127. The Morgan fingerprint density at radius 1 is 1.38 bits per heavy atom. The molecule has 0 aliphatic carbocycles. The van der Waals surface area contributed by atoms with Crippen LogP contribution in [-0.2, 0) is 14.8 Å². The fraction of sp³-hybridized carbons (Fsp3) is 0.467. The molecule has 0 radical (unpaired) electrons. The van der Waals surface area contributed by atoms with Gasteiger partial charge in [0.15, 0.2) is 0 Å². The van der Waals surface area contributed by atoms with Gasteiger partial charge in [0.25, 0.3) is 0 Å². The van der Waals surface area contributed by atoms with Crippen LogP contribution < -0.4 is 4.72 Å². The summed E-state index contributed by atoms with van der Waals surface area (Å²) in [5, 5.41) is 8.73. The Hall–Kier alpha value is -1.55. The van der Waals surface area contributed by atoms with E-state index in [4.69, 9.17) is 9.84 Å². The number of ether oxygens (including phenoxy) is 1. The molecule has 1 aliphatic rings. The summed E-state index contributed by atoms with van der Waals surface area (Å²) >= 11 is 0. The number of hydrogen-bond donors (Lipinski definition) is 2. The first-order valence-electron chi connectivity index (χ1n) is 6.91. The zero-order valence-corrected chi connectivity index (χ0v) is 12.5. The monoisotopic (exact) mass is 309 g/mol. The van der Waals surface area contributed by atoms with Crippen molar-refractivity contribution in [2.75, 3.05) is 23.7 Å². The van der Waals surface area contributed by atoms with E-state index in [-0.39, 0.29) is 18.5 Å². The summed E-state index contributed by atoms with van der Waals surface area (Å²) in [6.07, 6.45) is 1.81. The molecule has 114 valence electrons. The molecule has 1 aromatic carbocycles. The molecule has 0 bridgehead atoms. The maximum absolute atomic E-state index is 12.2. The predicted molar refractivity (Wildman–Crippen MR) is 81.4 cm³/mol. The number of anilines is 1. The molecule has 1 fully saturated rings. The second kappa shape index (κ2) is 7.46. The average molecular weight is 309 g/mol. The van der Waals surface area contributed by atoms with Crippen LogP contribution in [0.5, 0.6) is 0 Å². The molecular formula is C15H19NO4S. The van der Waals surface area contributed by atoms with E-state index in [1.54, 1.807) is 24.3 Å². The van der Waals surface area contributed by atoms with Gasteiger partial charge in [0.1, 0.15) is 0 Å². The summed E-state index contributed by atoms with van der Waals surface area (Å²) in [5.74, 6) is 5.62. The number of nitrogens with one attached hydrogen (secondary N) is 1. The minimum absolute atomic E-state index is 0.0140. The number of para-hydroxylation sites is 1. The normalized spacial score (nSPS) is 18.0. The maximum Gasteiger partial charge on any atom is 0.235 e. The van der Waals surface area contributed by atoms with E-state index in [0.29, 0.717) is 24.3 Å². The standard InChI is InChI=1S/C15H19NO4S/c17-10-4-3-7-13-6-1-2-9-15(13)16-21(18,19)12-14-8-5-11-20-14/h1-2,6,9,14,16-17H,4-5,8,10-12H2. The van der Waals surface area contributed by atoms with Crippen LogP contribution in [0, 0.1) is 11.8 Å². The topological polar surface area (TPSA) is 75.6 Å². The van der Waals surface area contributed by atoms with Gasteiger partial charge in [-0.05, 0) is 25.0 Å². The van der Waals surface area contributed by atoms with Crippen LogP contribution in [0.3, 0.4) is 0 Å². The lowest BCUT2D eigenvalue weighted by Crippen LogP contribution is -2.26. The minimum atomic E-state index is -3.46. The molecule has 0 amide bonds. The van der Waals surface area contributed by atoms with Crippen molar-refractivity contribution in [3.05, 3.63) is 29.8 Å². The van der Waals surface area contributed by atoms with E-state index >= 15 is 0 Å². The van der Waals surface area contributed by atoms with Crippen molar-refractivity contribution in [3.8, 4) is 11.8 Å². The first kappa shape index (κ1) is 15.8. The van der Waals surface area contributed by atoms with Crippen LogP contribution in [0.25, 0.3) is 0 Å². The van der Waals surface area contributed by atoms with E-state index in [2.05, 4.69) is 16.6 Å². The average Bonchev–Trinajstić information content (AvgIpc) is 2.92. The van der Waals surface area contributed by atoms with E-state index < -0.39 is 10.0 Å². The molecule has 6 heteroatoms.